The van der Waals surface area contributed by atoms with Crippen molar-refractivity contribution in [1.29, 1.82) is 0 Å². The van der Waals surface area contributed by atoms with E-state index in [9.17, 15) is 26.8 Å². The van der Waals surface area contributed by atoms with Crippen molar-refractivity contribution in [1.82, 2.24) is 9.97 Å². The van der Waals surface area contributed by atoms with Gasteiger partial charge in [-0.2, -0.15) is 0 Å². The Labute approximate surface area is 214 Å². The van der Waals surface area contributed by atoms with Gasteiger partial charge in [0.1, 0.15) is 12.3 Å². The Bertz CT molecular complexity index is 1250. The summed E-state index contributed by atoms with van der Waals surface area (Å²) in [6.45, 7) is 1.57. The summed E-state index contributed by atoms with van der Waals surface area (Å²) >= 11 is 0. The van der Waals surface area contributed by atoms with Crippen LogP contribution in [0.25, 0.3) is 5.57 Å². The number of esters is 1. The Morgan fingerprint density at radius 3 is 2.30 bits per heavy atom. The number of ether oxygens (including phenoxy) is 2. The number of ketones is 1. The van der Waals surface area contributed by atoms with Gasteiger partial charge in [-0.3, -0.25) is 9.78 Å². The van der Waals surface area contributed by atoms with E-state index in [2.05, 4.69) is 9.97 Å². The molecule has 2 fully saturated rings. The third kappa shape index (κ3) is 6.76. The number of benzene rings is 1. The molecule has 37 heavy (non-hydrogen) atoms. The van der Waals surface area contributed by atoms with Crippen LogP contribution >= 0.6 is 0 Å². The van der Waals surface area contributed by atoms with E-state index in [0.29, 0.717) is 24.1 Å². The summed E-state index contributed by atoms with van der Waals surface area (Å²) in [7, 11) is -3.39. The molecule has 3 atom stereocenters. The highest BCUT2D eigenvalue weighted by molar-refractivity contribution is 7.92. The first kappa shape index (κ1) is 26.8. The molecule has 2 aliphatic carbocycles. The lowest BCUT2D eigenvalue weighted by molar-refractivity contribution is -0.145. The molecule has 0 radical (unpaired) electrons. The number of alkyl halides is 2. The minimum Gasteiger partial charge on any atom is -0.465 e. The molecule has 0 aliphatic heterocycles. The van der Waals surface area contributed by atoms with Crippen molar-refractivity contribution in [2.45, 2.75) is 61.5 Å². The summed E-state index contributed by atoms with van der Waals surface area (Å²) in [5, 5.41) is -0.362. The van der Waals surface area contributed by atoms with Gasteiger partial charge < -0.3 is 9.47 Å². The molecule has 2 aliphatic rings. The summed E-state index contributed by atoms with van der Waals surface area (Å²) in [6.07, 6.45) is 2.08. The number of Topliss-reactive ketones (excluding diaryl/α,β-unsaturated/α-hetero) is 1. The molecule has 0 saturated heterocycles. The van der Waals surface area contributed by atoms with E-state index < -0.39 is 34.1 Å². The van der Waals surface area contributed by atoms with Crippen molar-refractivity contribution in [2.24, 2.45) is 5.92 Å². The molecule has 0 amide bonds. The summed E-state index contributed by atoms with van der Waals surface area (Å²) in [5.74, 6) is -1.29. The first-order chi connectivity index (χ1) is 17.7. The zero-order valence-corrected chi connectivity index (χ0v) is 21.1. The minimum atomic E-state index is -3.39. The average Bonchev–Trinajstić information content (AvgIpc) is 3.69. The van der Waals surface area contributed by atoms with Crippen LogP contribution in [0.5, 0.6) is 5.88 Å². The Balaban J connectivity index is 1.51. The summed E-state index contributed by atoms with van der Waals surface area (Å²) < 4.78 is 62.7. The number of allylic oxidation sites excluding steroid dienone is 2. The number of aromatic nitrogens is 2. The summed E-state index contributed by atoms with van der Waals surface area (Å²) in [6, 6.07) is 6.02. The molecular weight excluding hydrogens is 506 g/mol. The average molecular weight is 535 g/mol. The van der Waals surface area contributed by atoms with Crippen LogP contribution in [-0.4, -0.2) is 60.9 Å². The predicted molar refractivity (Wildman–Crippen MR) is 130 cm³/mol. The van der Waals surface area contributed by atoms with Gasteiger partial charge in [0.25, 0.3) is 0 Å². The number of halogens is 2. The van der Waals surface area contributed by atoms with Crippen molar-refractivity contribution in [3.05, 3.63) is 54.0 Å². The first-order valence-corrected chi connectivity index (χ1v) is 13.7. The van der Waals surface area contributed by atoms with Gasteiger partial charge in [-0.25, -0.2) is 27.0 Å². The molecule has 198 valence electrons. The molecule has 11 heteroatoms. The minimum absolute atomic E-state index is 0.0294. The quantitative estimate of drug-likeness (QED) is 0.317. The van der Waals surface area contributed by atoms with E-state index in [4.69, 9.17) is 9.47 Å². The van der Waals surface area contributed by atoms with Crippen LogP contribution < -0.4 is 4.74 Å². The second-order valence-electron chi connectivity index (χ2n) is 9.15. The van der Waals surface area contributed by atoms with Gasteiger partial charge in [0.05, 0.1) is 41.3 Å². The second-order valence-corrected chi connectivity index (χ2v) is 11.4. The molecule has 1 aromatic heterocycles. The second kappa shape index (κ2) is 11.5. The van der Waals surface area contributed by atoms with Crippen molar-refractivity contribution >= 4 is 27.2 Å². The fraction of sp³-hybridized carbons (Fsp3) is 0.462. The van der Waals surface area contributed by atoms with E-state index >= 15 is 0 Å². The van der Waals surface area contributed by atoms with Crippen molar-refractivity contribution in [3.8, 4) is 5.88 Å². The summed E-state index contributed by atoms with van der Waals surface area (Å²) in [4.78, 5) is 33.1. The summed E-state index contributed by atoms with van der Waals surface area (Å²) in [5.41, 5.74) is 1.02. The Morgan fingerprint density at radius 1 is 1.05 bits per heavy atom. The zero-order valence-electron chi connectivity index (χ0n) is 20.3. The molecule has 0 bridgehead atoms. The highest BCUT2D eigenvalue weighted by atomic mass is 32.2. The number of sulfone groups is 1. The number of carbonyl (C=O) groups is 2. The van der Waals surface area contributed by atoms with Crippen LogP contribution in [0, 0.1) is 5.92 Å². The molecule has 2 aromatic rings. The van der Waals surface area contributed by atoms with Gasteiger partial charge in [0, 0.05) is 5.57 Å². The lowest BCUT2D eigenvalue weighted by Gasteiger charge is -2.12. The van der Waals surface area contributed by atoms with Gasteiger partial charge in [-0.1, -0.05) is 18.2 Å². The van der Waals surface area contributed by atoms with Crippen LogP contribution in [0.15, 0.2) is 47.6 Å². The van der Waals surface area contributed by atoms with Crippen molar-refractivity contribution in [3.63, 3.8) is 0 Å². The van der Waals surface area contributed by atoms with E-state index in [1.165, 1.54) is 24.5 Å². The Morgan fingerprint density at radius 2 is 1.73 bits per heavy atom. The molecule has 1 aromatic carbocycles. The maximum absolute atomic E-state index is 13.8. The lowest BCUT2D eigenvalue weighted by Crippen LogP contribution is -2.15. The van der Waals surface area contributed by atoms with E-state index in [-0.39, 0.29) is 59.9 Å². The molecule has 8 nitrogen and oxygen atoms in total. The van der Waals surface area contributed by atoms with Crippen molar-refractivity contribution in [2.75, 3.05) is 13.2 Å². The lowest BCUT2D eigenvalue weighted by atomic mass is 9.94. The molecular formula is C26H28F2N2O6S. The predicted octanol–water partition coefficient (Wildman–Crippen LogP) is 3.64. The van der Waals surface area contributed by atoms with E-state index in [0.717, 1.165) is 0 Å². The molecule has 2 saturated carbocycles. The van der Waals surface area contributed by atoms with Gasteiger partial charge in [-0.05, 0) is 56.2 Å². The number of rotatable bonds is 11. The highest BCUT2D eigenvalue weighted by Gasteiger charge is 2.37. The van der Waals surface area contributed by atoms with Crippen LogP contribution in [0.3, 0.4) is 0 Å². The Kier molecular flexibility index (Phi) is 8.31. The van der Waals surface area contributed by atoms with Crippen LogP contribution in [0.2, 0.25) is 0 Å². The molecule has 1 unspecified atom stereocenters. The van der Waals surface area contributed by atoms with Crippen molar-refractivity contribution < 1.29 is 36.3 Å². The van der Waals surface area contributed by atoms with Crippen LogP contribution in [0.4, 0.5) is 8.78 Å². The topological polar surface area (TPSA) is 113 Å². The third-order valence-corrected chi connectivity index (χ3v) is 8.55. The fourth-order valence-corrected chi connectivity index (χ4v) is 5.85. The largest absolute Gasteiger partial charge is 0.465 e. The van der Waals surface area contributed by atoms with Gasteiger partial charge in [0.2, 0.25) is 5.88 Å². The molecule has 0 N–H and O–H groups in total. The zero-order chi connectivity index (χ0) is 26.6. The smallest absolute Gasteiger partial charge is 0.344 e. The molecule has 0 spiro atoms. The normalized spacial score (nSPS) is 22.0. The maximum Gasteiger partial charge on any atom is 0.344 e. The van der Waals surface area contributed by atoms with Gasteiger partial charge >= 0.3 is 5.97 Å². The number of nitrogens with zero attached hydrogens (tertiary/aromatic N) is 2. The highest BCUT2D eigenvalue weighted by Crippen LogP contribution is 2.36. The van der Waals surface area contributed by atoms with E-state index in [1.54, 1.807) is 25.1 Å². The molecule has 1 heterocycles. The number of hydrogen-bond donors (Lipinski definition) is 0. The van der Waals surface area contributed by atoms with Gasteiger partial charge in [-0.15, -0.1) is 0 Å². The number of carbonyl (C=O) groups excluding carboxylic acids is 2. The third-order valence-electron chi connectivity index (χ3n) is 6.27. The maximum atomic E-state index is 13.8. The SMILES string of the molecule is CCOC(=O)COc1cnc(CC(=O)/C(=C/C2C[C@@H](F)[C@@H](F)C2)c2ccc(S(=O)(=O)C3CC3)cc2)cn1. The van der Waals surface area contributed by atoms with Crippen LogP contribution in [0.1, 0.15) is 43.9 Å². The van der Waals surface area contributed by atoms with Gasteiger partial charge in [0.15, 0.2) is 22.2 Å². The first-order valence-electron chi connectivity index (χ1n) is 12.1. The Hall–Kier alpha value is -3.21. The number of hydrogen-bond acceptors (Lipinski definition) is 8. The standard InChI is InChI=1S/C26H28F2N2O6S/c1-2-35-26(32)15-36-25-14-29-18(13-30-25)12-24(31)21(9-16-10-22(27)23(28)11-16)17-3-5-19(6-4-17)37(33,34)20-7-8-20/h3-6,9,13-14,16,20,22-23H,2,7-8,10-12,15H2,1H3/b21-9+/t16?,22-,23+. The van der Waals surface area contributed by atoms with E-state index in [1.807, 2.05) is 0 Å². The molecule has 4 rings (SSSR count). The van der Waals surface area contributed by atoms with Crippen LogP contribution in [-0.2, 0) is 30.6 Å². The fourth-order valence-electron chi connectivity index (χ4n) is 4.19. The monoisotopic (exact) mass is 534 g/mol.